The molecule has 0 aromatic rings. The highest BCUT2D eigenvalue weighted by Crippen LogP contribution is 2.37. The lowest BCUT2D eigenvalue weighted by Crippen LogP contribution is -2.26. The molecule has 1 unspecified atom stereocenters. The Morgan fingerprint density at radius 3 is 1.74 bits per heavy atom. The molecular weight excluding hydrogens is 433 g/mol. The van der Waals surface area contributed by atoms with Crippen molar-refractivity contribution >= 4 is 25.5 Å². The van der Waals surface area contributed by atoms with Crippen molar-refractivity contribution in [2.24, 2.45) is 5.92 Å². The van der Waals surface area contributed by atoms with Gasteiger partial charge in [-0.1, -0.05) is 90.4 Å². The van der Waals surface area contributed by atoms with Crippen LogP contribution in [0.3, 0.4) is 0 Å². The number of hydrogen-bond acceptors (Lipinski definition) is 4. The molecule has 0 fully saturated rings. The summed E-state index contributed by atoms with van der Waals surface area (Å²) < 4.78 is 15.6. The fraction of sp³-hybridized carbons (Fsp3) is 0.957. The van der Waals surface area contributed by atoms with Gasteiger partial charge in [-0.3, -0.25) is 9.32 Å². The molecule has 0 bridgehead atoms. The van der Waals surface area contributed by atoms with Crippen molar-refractivity contribution in [3.05, 3.63) is 0 Å². The topological polar surface area (TPSA) is 87.1 Å². The SMILES string of the molecule is CCCCCCCCCCCCCCCCSCC(COP(=O)(O)O)CC(=O)N(C)C. The molecule has 0 saturated heterocycles. The van der Waals surface area contributed by atoms with E-state index in [2.05, 4.69) is 11.4 Å². The number of unbranched alkanes of at least 4 members (excludes halogenated alkanes) is 13. The fourth-order valence-corrected chi connectivity index (χ4v) is 4.97. The highest BCUT2D eigenvalue weighted by atomic mass is 32.2. The van der Waals surface area contributed by atoms with Crippen LogP contribution in [0.1, 0.15) is 103 Å². The van der Waals surface area contributed by atoms with Crippen LogP contribution < -0.4 is 0 Å². The molecule has 0 saturated carbocycles. The van der Waals surface area contributed by atoms with E-state index in [1.807, 2.05) is 0 Å². The monoisotopic (exact) mass is 481 g/mol. The van der Waals surface area contributed by atoms with E-state index in [4.69, 9.17) is 9.79 Å². The summed E-state index contributed by atoms with van der Waals surface area (Å²) >= 11 is 1.75. The van der Waals surface area contributed by atoms with Gasteiger partial charge in [0.15, 0.2) is 0 Å². The normalized spacial score (nSPS) is 12.8. The van der Waals surface area contributed by atoms with E-state index >= 15 is 0 Å². The minimum atomic E-state index is -4.50. The Bertz CT molecular complexity index is 473. The Morgan fingerprint density at radius 1 is 0.871 bits per heavy atom. The number of amides is 1. The molecule has 31 heavy (non-hydrogen) atoms. The summed E-state index contributed by atoms with van der Waals surface area (Å²) in [6.07, 6.45) is 19.1. The van der Waals surface area contributed by atoms with Crippen molar-refractivity contribution in [2.75, 3.05) is 32.2 Å². The van der Waals surface area contributed by atoms with Gasteiger partial charge in [0.2, 0.25) is 5.91 Å². The van der Waals surface area contributed by atoms with Crippen LogP contribution in [0.25, 0.3) is 0 Å². The van der Waals surface area contributed by atoms with E-state index in [9.17, 15) is 9.36 Å². The molecule has 1 atom stereocenters. The third-order valence-corrected chi connectivity index (χ3v) is 7.21. The number of phosphoric acid groups is 1. The second-order valence-electron chi connectivity index (χ2n) is 8.82. The molecule has 0 rings (SSSR count). The maximum absolute atomic E-state index is 11.9. The third kappa shape index (κ3) is 22.9. The highest BCUT2D eigenvalue weighted by molar-refractivity contribution is 7.99. The molecule has 0 radical (unpaired) electrons. The van der Waals surface area contributed by atoms with Gasteiger partial charge in [0.05, 0.1) is 6.61 Å². The summed E-state index contributed by atoms with van der Waals surface area (Å²) in [6, 6.07) is 0. The molecule has 0 aliphatic heterocycles. The lowest BCUT2D eigenvalue weighted by molar-refractivity contribution is -0.129. The van der Waals surface area contributed by atoms with Gasteiger partial charge in [0.1, 0.15) is 0 Å². The van der Waals surface area contributed by atoms with Gasteiger partial charge < -0.3 is 14.7 Å². The summed E-state index contributed by atoms with van der Waals surface area (Å²) in [5, 5.41) is 0. The van der Waals surface area contributed by atoms with E-state index in [0.29, 0.717) is 5.75 Å². The third-order valence-electron chi connectivity index (χ3n) is 5.44. The first-order valence-electron chi connectivity index (χ1n) is 12.2. The van der Waals surface area contributed by atoms with Gasteiger partial charge in [-0.15, -0.1) is 0 Å². The van der Waals surface area contributed by atoms with Crippen LogP contribution in [0.2, 0.25) is 0 Å². The lowest BCUT2D eigenvalue weighted by Gasteiger charge is -2.19. The number of thioether (sulfide) groups is 1. The van der Waals surface area contributed by atoms with Gasteiger partial charge >= 0.3 is 7.82 Å². The number of rotatable bonds is 22. The summed E-state index contributed by atoms with van der Waals surface area (Å²) in [4.78, 5) is 31.2. The van der Waals surface area contributed by atoms with Gasteiger partial charge in [0, 0.05) is 26.4 Å². The van der Waals surface area contributed by atoms with Crippen LogP contribution >= 0.6 is 19.6 Å². The van der Waals surface area contributed by atoms with Gasteiger partial charge in [0.25, 0.3) is 0 Å². The Labute approximate surface area is 195 Å². The zero-order chi connectivity index (χ0) is 23.4. The largest absolute Gasteiger partial charge is 0.469 e. The first kappa shape index (κ1) is 30.9. The van der Waals surface area contributed by atoms with E-state index < -0.39 is 7.82 Å². The molecule has 0 heterocycles. The van der Waals surface area contributed by atoms with Crippen molar-refractivity contribution in [2.45, 2.75) is 103 Å². The lowest BCUT2D eigenvalue weighted by atomic mass is 10.0. The van der Waals surface area contributed by atoms with Crippen LogP contribution in [-0.2, 0) is 13.9 Å². The minimum Gasteiger partial charge on any atom is -0.349 e. The molecule has 1 amide bonds. The predicted octanol–water partition coefficient (Wildman–Crippen LogP) is 6.40. The number of carbonyl (C=O) groups excluding carboxylic acids is 1. The number of nitrogens with zero attached hydrogens (tertiary/aromatic N) is 1. The zero-order valence-electron chi connectivity index (χ0n) is 20.2. The molecule has 0 aromatic heterocycles. The molecule has 0 aromatic carbocycles. The smallest absolute Gasteiger partial charge is 0.349 e. The molecule has 2 N–H and O–H groups in total. The van der Waals surface area contributed by atoms with Crippen molar-refractivity contribution in [3.8, 4) is 0 Å². The molecule has 8 heteroatoms. The van der Waals surface area contributed by atoms with Gasteiger partial charge in [-0.25, -0.2) is 4.57 Å². The second kappa shape index (κ2) is 20.5. The molecule has 0 spiro atoms. The van der Waals surface area contributed by atoms with E-state index in [-0.39, 0.29) is 24.9 Å². The first-order valence-corrected chi connectivity index (χ1v) is 14.9. The molecule has 0 aliphatic rings. The standard InChI is InChI=1S/C23H48NO5PS/c1-4-5-6-7-8-9-10-11-12-13-14-15-16-17-18-31-21-22(19-23(25)24(2)3)20-29-30(26,27)28/h22H,4-21H2,1-3H3,(H2,26,27,28). The molecule has 0 aliphatic carbocycles. The second-order valence-corrected chi connectivity index (χ2v) is 11.2. The molecular formula is C23H48NO5PS. The quantitative estimate of drug-likeness (QED) is 0.137. The van der Waals surface area contributed by atoms with Crippen LogP contribution in [-0.4, -0.2) is 52.8 Å². The Hall–Kier alpha value is -0.0700. The van der Waals surface area contributed by atoms with Crippen molar-refractivity contribution in [1.82, 2.24) is 4.90 Å². The van der Waals surface area contributed by atoms with Crippen molar-refractivity contribution in [3.63, 3.8) is 0 Å². The number of phosphoric ester groups is 1. The first-order chi connectivity index (χ1) is 14.8. The average molecular weight is 482 g/mol. The minimum absolute atomic E-state index is 0.0450. The maximum atomic E-state index is 11.9. The van der Waals surface area contributed by atoms with Crippen LogP contribution in [0.5, 0.6) is 0 Å². The summed E-state index contributed by atoms with van der Waals surface area (Å²) in [5.74, 6) is 1.47. The van der Waals surface area contributed by atoms with E-state index in [1.54, 1.807) is 25.9 Å². The predicted molar refractivity (Wildman–Crippen MR) is 132 cm³/mol. The Kier molecular flexibility index (Phi) is 20.5. The van der Waals surface area contributed by atoms with E-state index in [1.165, 1.54) is 88.4 Å². The number of carbonyl (C=O) groups is 1. The van der Waals surface area contributed by atoms with Crippen LogP contribution in [0.4, 0.5) is 0 Å². The fourth-order valence-electron chi connectivity index (χ4n) is 3.45. The summed E-state index contributed by atoms with van der Waals surface area (Å²) in [7, 11) is -1.13. The Balaban J connectivity index is 3.63. The summed E-state index contributed by atoms with van der Waals surface area (Å²) in [5.41, 5.74) is 0. The number of hydrogen-bond donors (Lipinski definition) is 2. The molecule has 6 nitrogen and oxygen atoms in total. The van der Waals surface area contributed by atoms with Crippen LogP contribution in [0, 0.1) is 5.92 Å². The maximum Gasteiger partial charge on any atom is 0.469 e. The van der Waals surface area contributed by atoms with Crippen LogP contribution in [0.15, 0.2) is 0 Å². The van der Waals surface area contributed by atoms with Crippen molar-refractivity contribution < 1.29 is 23.7 Å². The van der Waals surface area contributed by atoms with E-state index in [0.717, 1.165) is 12.2 Å². The van der Waals surface area contributed by atoms with Crippen molar-refractivity contribution in [1.29, 1.82) is 0 Å². The molecule has 186 valence electrons. The summed E-state index contributed by atoms with van der Waals surface area (Å²) in [6.45, 7) is 2.18. The highest BCUT2D eigenvalue weighted by Gasteiger charge is 2.21. The average Bonchev–Trinajstić information content (AvgIpc) is 2.70. The zero-order valence-corrected chi connectivity index (χ0v) is 21.9. The van der Waals surface area contributed by atoms with Gasteiger partial charge in [-0.05, 0) is 17.9 Å². The Morgan fingerprint density at radius 2 is 1.32 bits per heavy atom. The van der Waals surface area contributed by atoms with Gasteiger partial charge in [-0.2, -0.15) is 11.8 Å².